The molecule has 0 spiro atoms. The first kappa shape index (κ1) is 38.8. The summed E-state index contributed by atoms with van der Waals surface area (Å²) in [5.74, 6) is 3.33. The highest BCUT2D eigenvalue weighted by Gasteiger charge is 2.15. The first-order valence-corrected chi connectivity index (χ1v) is 20.6. The predicted molar refractivity (Wildman–Crippen MR) is 195 cm³/mol. The maximum atomic E-state index is 12.0. The number of carbonyl (C=O) groups excluding carboxylic acids is 2. The summed E-state index contributed by atoms with van der Waals surface area (Å²) in [5.41, 5.74) is 0. The predicted octanol–water partition coefficient (Wildman–Crippen LogP) is 9.79. The highest BCUT2D eigenvalue weighted by molar-refractivity contribution is 8.77. The Hall–Kier alpha value is -1.22. The van der Waals surface area contributed by atoms with E-state index in [9.17, 15) is 9.59 Å². The second-order valence-corrected chi connectivity index (χ2v) is 15.4. The monoisotopic (exact) mass is 650 g/mol. The Bertz CT molecular complexity index is 846. The molecule has 236 valence electrons. The van der Waals surface area contributed by atoms with Crippen molar-refractivity contribution in [3.05, 3.63) is 72.9 Å². The molecule has 2 amide bonds. The fraction of sp³-hybridized carbons (Fsp3) is 0.588. The Morgan fingerprint density at radius 3 is 1.69 bits per heavy atom. The summed E-state index contributed by atoms with van der Waals surface area (Å²) in [6.45, 7) is 3.55. The largest absolute Gasteiger partial charge is 0.355 e. The van der Waals surface area contributed by atoms with Crippen LogP contribution in [0.25, 0.3) is 0 Å². The number of nitrogens with one attached hydrogen (secondary N) is 2. The van der Waals surface area contributed by atoms with E-state index in [0.29, 0.717) is 25.9 Å². The van der Waals surface area contributed by atoms with Gasteiger partial charge in [0.25, 0.3) is 0 Å². The van der Waals surface area contributed by atoms with Gasteiger partial charge < -0.3 is 10.6 Å². The molecular weight excluding hydrogens is 597 g/mol. The van der Waals surface area contributed by atoms with Crippen LogP contribution in [-0.2, 0) is 9.59 Å². The fourth-order valence-electron chi connectivity index (χ4n) is 3.83. The summed E-state index contributed by atoms with van der Waals surface area (Å²) >= 11 is 0. The van der Waals surface area contributed by atoms with Crippen LogP contribution in [0.15, 0.2) is 72.9 Å². The lowest BCUT2D eigenvalue weighted by atomic mass is 10.1. The number of hydrogen-bond acceptors (Lipinski definition) is 6. The molecule has 0 aliphatic carbocycles. The molecular formula is C34H54N2O2S4. The molecule has 1 saturated heterocycles. The van der Waals surface area contributed by atoms with Gasteiger partial charge >= 0.3 is 0 Å². The molecule has 8 heteroatoms. The zero-order valence-electron chi connectivity index (χ0n) is 25.7. The van der Waals surface area contributed by atoms with Crippen molar-refractivity contribution < 1.29 is 9.59 Å². The minimum atomic E-state index is 0.109. The van der Waals surface area contributed by atoms with Gasteiger partial charge in [-0.1, -0.05) is 129 Å². The topological polar surface area (TPSA) is 58.2 Å². The first-order chi connectivity index (χ1) is 20.7. The molecule has 1 aliphatic heterocycles. The van der Waals surface area contributed by atoms with E-state index in [0.717, 1.165) is 74.5 Å². The summed E-state index contributed by atoms with van der Waals surface area (Å²) in [7, 11) is 7.50. The first-order valence-electron chi connectivity index (χ1n) is 15.7. The molecule has 42 heavy (non-hydrogen) atoms. The molecule has 0 aromatic heterocycles. The molecule has 0 aromatic carbocycles. The van der Waals surface area contributed by atoms with E-state index in [1.807, 2.05) is 21.6 Å². The van der Waals surface area contributed by atoms with Crippen LogP contribution >= 0.6 is 43.2 Å². The van der Waals surface area contributed by atoms with Crippen LogP contribution in [0.3, 0.4) is 0 Å². The summed E-state index contributed by atoms with van der Waals surface area (Å²) < 4.78 is 0. The Kier molecular flexibility index (Phi) is 28.8. The average molecular weight is 651 g/mol. The molecule has 1 atom stereocenters. The van der Waals surface area contributed by atoms with Crippen LogP contribution < -0.4 is 10.6 Å². The third-order valence-electron chi connectivity index (χ3n) is 6.14. The number of rotatable bonds is 26. The van der Waals surface area contributed by atoms with E-state index >= 15 is 0 Å². The molecule has 1 rings (SSSR count). The molecule has 0 saturated carbocycles. The van der Waals surface area contributed by atoms with E-state index < -0.39 is 0 Å². The van der Waals surface area contributed by atoms with Crippen molar-refractivity contribution in [1.82, 2.24) is 10.6 Å². The number of hydrogen-bond donors (Lipinski definition) is 2. The number of allylic oxidation sites excluding steroid dienone is 12. The molecule has 0 aromatic rings. The van der Waals surface area contributed by atoms with Gasteiger partial charge in [-0.2, -0.15) is 0 Å². The van der Waals surface area contributed by atoms with E-state index in [-0.39, 0.29) is 11.8 Å². The Balaban J connectivity index is 1.84. The van der Waals surface area contributed by atoms with Crippen molar-refractivity contribution in [1.29, 1.82) is 0 Å². The molecule has 0 unspecified atom stereocenters. The third kappa shape index (κ3) is 27.6. The van der Waals surface area contributed by atoms with Crippen LogP contribution in [-0.4, -0.2) is 47.4 Å². The van der Waals surface area contributed by atoms with Crippen LogP contribution in [0.4, 0.5) is 0 Å². The molecule has 1 heterocycles. The zero-order valence-corrected chi connectivity index (χ0v) is 28.9. The van der Waals surface area contributed by atoms with Gasteiger partial charge in [0.1, 0.15) is 0 Å². The molecule has 0 bridgehead atoms. The Labute approximate surface area is 272 Å². The van der Waals surface area contributed by atoms with Crippen molar-refractivity contribution in [3.63, 3.8) is 0 Å². The quantitative estimate of drug-likeness (QED) is 0.0552. The van der Waals surface area contributed by atoms with Gasteiger partial charge in [0.05, 0.1) is 0 Å². The lowest BCUT2D eigenvalue weighted by Crippen LogP contribution is -2.25. The second kappa shape index (κ2) is 31.2. The van der Waals surface area contributed by atoms with Gasteiger partial charge in [0.15, 0.2) is 0 Å². The zero-order chi connectivity index (χ0) is 30.2. The van der Waals surface area contributed by atoms with Gasteiger partial charge in [-0.05, 0) is 64.2 Å². The van der Waals surface area contributed by atoms with Crippen molar-refractivity contribution in [3.8, 4) is 0 Å². The molecule has 2 N–H and O–H groups in total. The van der Waals surface area contributed by atoms with Gasteiger partial charge in [0, 0.05) is 48.4 Å². The van der Waals surface area contributed by atoms with Gasteiger partial charge in [-0.3, -0.25) is 9.59 Å². The maximum absolute atomic E-state index is 12.0. The highest BCUT2D eigenvalue weighted by atomic mass is 33.1. The van der Waals surface area contributed by atoms with Crippen molar-refractivity contribution in [2.24, 2.45) is 0 Å². The van der Waals surface area contributed by atoms with Crippen molar-refractivity contribution in [2.45, 2.75) is 95.6 Å². The van der Waals surface area contributed by atoms with Crippen LogP contribution in [0.5, 0.6) is 0 Å². The number of carbonyl (C=O) groups is 2. The standard InChI is InChI=1S/C34H54N2O2S4/c1-2-3-4-5-6-7-8-9-10-11-12-13-14-15-16-17-18-19-20-24-33(37)35-27-30-39-40-31-28-36-34(38)25-22-21-23-32-26-29-41-42-32/h3-4,6-7,9-10,12-13,15-16,18-19,32H,2,5,8,11,14,17,20-31H2,1H3,(H,35,37)(H,36,38)/b4-3-,7-6-,10-9-,13-12-,16-15-,19-18-/t32-/m1/s1. The van der Waals surface area contributed by atoms with Gasteiger partial charge in [-0.15, -0.1) is 0 Å². The number of unbranched alkanes of at least 4 members (excludes halogenated alkanes) is 1. The second-order valence-electron chi connectivity index (χ2n) is 9.87. The minimum Gasteiger partial charge on any atom is -0.355 e. The van der Waals surface area contributed by atoms with E-state index in [2.05, 4.69) is 90.5 Å². The number of amides is 2. The van der Waals surface area contributed by atoms with E-state index in [1.54, 1.807) is 21.6 Å². The Morgan fingerprint density at radius 2 is 1.19 bits per heavy atom. The summed E-state index contributed by atoms with van der Waals surface area (Å²) in [6.07, 6.45) is 38.9. The molecule has 1 fully saturated rings. The average Bonchev–Trinajstić information content (AvgIpc) is 3.51. The van der Waals surface area contributed by atoms with Crippen molar-refractivity contribution >= 4 is 55.0 Å². The summed E-state index contributed by atoms with van der Waals surface area (Å²) in [4.78, 5) is 23.9. The Morgan fingerprint density at radius 1 is 0.690 bits per heavy atom. The molecule has 0 radical (unpaired) electrons. The van der Waals surface area contributed by atoms with Crippen LogP contribution in [0.1, 0.15) is 90.4 Å². The highest BCUT2D eigenvalue weighted by Crippen LogP contribution is 2.39. The smallest absolute Gasteiger partial charge is 0.220 e. The van der Waals surface area contributed by atoms with E-state index in [4.69, 9.17) is 0 Å². The van der Waals surface area contributed by atoms with Crippen LogP contribution in [0.2, 0.25) is 0 Å². The van der Waals surface area contributed by atoms with Gasteiger partial charge in [0.2, 0.25) is 11.8 Å². The lowest BCUT2D eigenvalue weighted by Gasteiger charge is -2.07. The maximum Gasteiger partial charge on any atom is 0.220 e. The van der Waals surface area contributed by atoms with Gasteiger partial charge in [-0.25, -0.2) is 0 Å². The van der Waals surface area contributed by atoms with E-state index in [1.165, 1.54) is 18.6 Å². The fourth-order valence-corrected chi connectivity index (χ4v) is 8.68. The SMILES string of the molecule is CC/C=C\C/C=C\C/C=C\C/C=C\C/C=C\C/C=C\CCC(=O)NCCSSCCNC(=O)CCCC[C@@H]1CCSS1. The molecule has 1 aliphatic rings. The molecule has 4 nitrogen and oxygen atoms in total. The third-order valence-corrected chi connectivity index (χ3v) is 11.6. The minimum absolute atomic E-state index is 0.109. The normalized spacial score (nSPS) is 16.0. The van der Waals surface area contributed by atoms with Crippen molar-refractivity contribution in [2.75, 3.05) is 30.3 Å². The summed E-state index contributed by atoms with van der Waals surface area (Å²) in [6, 6.07) is 0. The lowest BCUT2D eigenvalue weighted by molar-refractivity contribution is -0.121. The summed E-state index contributed by atoms with van der Waals surface area (Å²) in [5, 5.41) is 6.81. The van der Waals surface area contributed by atoms with Crippen LogP contribution in [0, 0.1) is 0 Å².